The zero-order valence-corrected chi connectivity index (χ0v) is 34.5. The Morgan fingerprint density at radius 3 is 1.59 bits per heavy atom. The van der Waals surface area contributed by atoms with E-state index in [1.54, 1.807) is 0 Å². The third-order valence-electron chi connectivity index (χ3n) is 12.9. The van der Waals surface area contributed by atoms with Gasteiger partial charge in [0.1, 0.15) is 11.2 Å². The summed E-state index contributed by atoms with van der Waals surface area (Å²) in [6, 6.07) is 90.3. The van der Waals surface area contributed by atoms with Gasteiger partial charge in [-0.1, -0.05) is 200 Å². The van der Waals surface area contributed by atoms with E-state index in [4.69, 9.17) is 4.42 Å². The van der Waals surface area contributed by atoms with Gasteiger partial charge in [-0.05, 0) is 110 Å². The van der Waals surface area contributed by atoms with Gasteiger partial charge in [-0.25, -0.2) is 0 Å². The molecule has 1 aliphatic carbocycles. The van der Waals surface area contributed by atoms with Crippen LogP contribution in [-0.2, 0) is 5.41 Å². The van der Waals surface area contributed by atoms with Crippen molar-refractivity contribution in [3.05, 3.63) is 271 Å². The molecule has 0 bridgehead atoms. The van der Waals surface area contributed by atoms with Gasteiger partial charge in [0.05, 0.1) is 5.41 Å². The molecule has 1 aliphatic rings. The lowest BCUT2D eigenvalue weighted by Gasteiger charge is -2.35. The number of hydrogen-bond acceptors (Lipinski definition) is 2. The highest BCUT2D eigenvalue weighted by Crippen LogP contribution is 2.57. The normalized spacial score (nSPS) is 12.6. The maximum Gasteiger partial charge on any atom is 0.143 e. The van der Waals surface area contributed by atoms with Gasteiger partial charge >= 0.3 is 0 Å². The predicted molar refractivity (Wildman–Crippen MR) is 262 cm³/mol. The molecule has 0 N–H and O–H groups in total. The van der Waals surface area contributed by atoms with Crippen molar-refractivity contribution in [2.45, 2.75) is 5.41 Å². The molecule has 0 spiro atoms. The van der Waals surface area contributed by atoms with E-state index < -0.39 is 5.41 Å². The first-order valence-corrected chi connectivity index (χ1v) is 21.7. The summed E-state index contributed by atoms with van der Waals surface area (Å²) in [5, 5.41) is 2.26. The fraction of sp³-hybridized carbons (Fsp3) is 0.0164. The van der Waals surface area contributed by atoms with Crippen LogP contribution < -0.4 is 4.90 Å². The summed E-state index contributed by atoms with van der Waals surface area (Å²) in [6.45, 7) is 0. The topological polar surface area (TPSA) is 16.4 Å². The minimum absolute atomic E-state index is 0.523. The molecule has 0 radical (unpaired) electrons. The van der Waals surface area contributed by atoms with Crippen LogP contribution in [0.5, 0.6) is 0 Å². The lowest BCUT2D eigenvalue weighted by atomic mass is 9.67. The van der Waals surface area contributed by atoms with Crippen molar-refractivity contribution in [2.75, 3.05) is 4.90 Å². The SMILES string of the molecule is c1ccc(-c2cccc(-c3cccc(N(c4ccc(-c5cccc6c5oc5ccccc56)cc4)c4ccc5c(c4)C(c4ccccc4)(c4ccccc4)c4ccccc4-5)c3)c2)cc1. The Kier molecular flexibility index (Phi) is 8.76. The number of nitrogens with zero attached hydrogens (tertiary/aromatic N) is 1. The van der Waals surface area contributed by atoms with Crippen molar-refractivity contribution in [1.29, 1.82) is 0 Å². The maximum atomic E-state index is 6.50. The minimum atomic E-state index is -0.523. The summed E-state index contributed by atoms with van der Waals surface area (Å²) >= 11 is 0. The zero-order chi connectivity index (χ0) is 41.7. The van der Waals surface area contributed by atoms with E-state index in [1.165, 1.54) is 50.1 Å². The Labute approximate surface area is 367 Å². The molecule has 11 aromatic rings. The van der Waals surface area contributed by atoms with Gasteiger partial charge in [0.15, 0.2) is 0 Å². The average Bonchev–Trinajstić information content (AvgIpc) is 3.89. The van der Waals surface area contributed by atoms with Crippen molar-refractivity contribution in [2.24, 2.45) is 0 Å². The summed E-state index contributed by atoms with van der Waals surface area (Å²) in [5.41, 5.74) is 19.0. The van der Waals surface area contributed by atoms with E-state index in [0.717, 1.165) is 55.7 Å². The summed E-state index contributed by atoms with van der Waals surface area (Å²) in [7, 11) is 0. The maximum absolute atomic E-state index is 6.50. The quantitative estimate of drug-likeness (QED) is 0.152. The Balaban J connectivity index is 1.05. The Morgan fingerprint density at radius 1 is 0.302 bits per heavy atom. The zero-order valence-electron chi connectivity index (χ0n) is 34.5. The van der Waals surface area contributed by atoms with Gasteiger partial charge in [-0.15, -0.1) is 0 Å². The molecule has 0 aliphatic heterocycles. The van der Waals surface area contributed by atoms with Crippen LogP contribution in [0, 0.1) is 0 Å². The number of fused-ring (bicyclic) bond motifs is 6. The van der Waals surface area contributed by atoms with Crippen LogP contribution in [0.4, 0.5) is 17.1 Å². The molecule has 0 amide bonds. The molecule has 1 aromatic heterocycles. The molecule has 12 rings (SSSR count). The van der Waals surface area contributed by atoms with Crippen molar-refractivity contribution in [3.63, 3.8) is 0 Å². The summed E-state index contributed by atoms with van der Waals surface area (Å²) in [6.07, 6.45) is 0. The highest BCUT2D eigenvalue weighted by Gasteiger charge is 2.46. The monoisotopic (exact) mass is 803 g/mol. The highest BCUT2D eigenvalue weighted by atomic mass is 16.3. The highest BCUT2D eigenvalue weighted by molar-refractivity contribution is 6.09. The number of rotatable bonds is 8. The molecule has 0 atom stereocenters. The molecule has 2 heteroatoms. The standard InChI is InChI=1S/C61H41NO/c1-4-17-42(18-5-1)44-19-14-20-45(39-44)46-21-15-26-50(40-46)62(49-35-33-43(34-36-49)52-29-16-30-56-55-28-11-13-32-59(55)63-60(52)56)51-37-38-54-53-27-10-12-31-57(53)61(58(54)41-51,47-22-6-2-7-23-47)48-24-8-3-9-25-48/h1-41H. The van der Waals surface area contributed by atoms with Crippen molar-refractivity contribution >= 4 is 39.0 Å². The summed E-state index contributed by atoms with van der Waals surface area (Å²) < 4.78 is 6.50. The van der Waals surface area contributed by atoms with Crippen molar-refractivity contribution in [3.8, 4) is 44.5 Å². The van der Waals surface area contributed by atoms with Crippen LogP contribution in [0.25, 0.3) is 66.4 Å². The lowest BCUT2D eigenvalue weighted by Crippen LogP contribution is -2.28. The van der Waals surface area contributed by atoms with E-state index in [-0.39, 0.29) is 0 Å². The van der Waals surface area contributed by atoms with E-state index in [1.807, 2.05) is 12.1 Å². The van der Waals surface area contributed by atoms with Crippen LogP contribution in [0.3, 0.4) is 0 Å². The van der Waals surface area contributed by atoms with Crippen molar-refractivity contribution in [1.82, 2.24) is 0 Å². The smallest absolute Gasteiger partial charge is 0.143 e. The summed E-state index contributed by atoms with van der Waals surface area (Å²) in [5.74, 6) is 0. The van der Waals surface area contributed by atoms with Crippen molar-refractivity contribution < 1.29 is 4.42 Å². The molecule has 0 saturated carbocycles. The number of anilines is 3. The van der Waals surface area contributed by atoms with Crippen LogP contribution in [-0.4, -0.2) is 0 Å². The Hall–Kier alpha value is -8.20. The number of benzene rings is 10. The molecular weight excluding hydrogens is 763 g/mol. The molecular formula is C61H41NO. The average molecular weight is 804 g/mol. The lowest BCUT2D eigenvalue weighted by molar-refractivity contribution is 0.670. The van der Waals surface area contributed by atoms with Gasteiger partial charge in [0.25, 0.3) is 0 Å². The molecule has 0 saturated heterocycles. The number of para-hydroxylation sites is 2. The Morgan fingerprint density at radius 2 is 0.825 bits per heavy atom. The third-order valence-corrected chi connectivity index (χ3v) is 12.9. The molecule has 296 valence electrons. The first-order chi connectivity index (χ1) is 31.2. The Bertz CT molecular complexity index is 3400. The van der Waals surface area contributed by atoms with E-state index in [0.29, 0.717) is 0 Å². The first kappa shape index (κ1) is 36.6. The van der Waals surface area contributed by atoms with E-state index >= 15 is 0 Å². The second-order valence-corrected chi connectivity index (χ2v) is 16.4. The first-order valence-electron chi connectivity index (χ1n) is 21.7. The number of hydrogen-bond donors (Lipinski definition) is 0. The number of furan rings is 1. The van der Waals surface area contributed by atoms with Crippen LogP contribution in [0.2, 0.25) is 0 Å². The molecule has 10 aromatic carbocycles. The largest absolute Gasteiger partial charge is 0.455 e. The van der Waals surface area contributed by atoms with Gasteiger partial charge in [-0.2, -0.15) is 0 Å². The molecule has 2 nitrogen and oxygen atoms in total. The van der Waals surface area contributed by atoms with Gasteiger partial charge < -0.3 is 9.32 Å². The second kappa shape index (κ2) is 15.1. The van der Waals surface area contributed by atoms with E-state index in [9.17, 15) is 0 Å². The van der Waals surface area contributed by atoms with Crippen LogP contribution in [0.15, 0.2) is 253 Å². The van der Waals surface area contributed by atoms with Crippen LogP contribution in [0.1, 0.15) is 22.3 Å². The molecule has 63 heavy (non-hydrogen) atoms. The van der Waals surface area contributed by atoms with Gasteiger partial charge in [-0.3, -0.25) is 0 Å². The predicted octanol–water partition coefficient (Wildman–Crippen LogP) is 16.4. The van der Waals surface area contributed by atoms with Gasteiger partial charge in [0.2, 0.25) is 0 Å². The molecule has 0 fully saturated rings. The van der Waals surface area contributed by atoms with Crippen LogP contribution >= 0.6 is 0 Å². The molecule has 0 unspecified atom stereocenters. The van der Waals surface area contributed by atoms with E-state index in [2.05, 4.69) is 241 Å². The fourth-order valence-electron chi connectivity index (χ4n) is 10.1. The minimum Gasteiger partial charge on any atom is -0.455 e. The second-order valence-electron chi connectivity index (χ2n) is 16.4. The summed E-state index contributed by atoms with van der Waals surface area (Å²) in [4.78, 5) is 2.42. The fourth-order valence-corrected chi connectivity index (χ4v) is 10.1. The van der Waals surface area contributed by atoms with Gasteiger partial charge in [0, 0.05) is 33.4 Å². The third kappa shape index (κ3) is 6.02. The molecule has 1 heterocycles.